The van der Waals surface area contributed by atoms with Crippen molar-refractivity contribution in [2.75, 3.05) is 18.5 Å². The number of hydrogen-bond acceptors (Lipinski definition) is 6. The van der Waals surface area contributed by atoms with Gasteiger partial charge in [0.05, 0.1) is 6.61 Å². The molecule has 0 saturated carbocycles. The molecule has 0 saturated heterocycles. The number of ether oxygens (including phenoxy) is 3. The summed E-state index contributed by atoms with van der Waals surface area (Å²) in [5.41, 5.74) is 0.936. The van der Waals surface area contributed by atoms with E-state index in [0.29, 0.717) is 22.7 Å². The third kappa shape index (κ3) is 8.16. The summed E-state index contributed by atoms with van der Waals surface area (Å²) in [6, 6.07) is 22.5. The zero-order valence-corrected chi connectivity index (χ0v) is 20.1. The summed E-state index contributed by atoms with van der Waals surface area (Å²) >= 11 is 3.34. The summed E-state index contributed by atoms with van der Waals surface area (Å²) < 4.78 is 18.3. The molecule has 0 bridgehead atoms. The second-order valence-corrected chi connectivity index (χ2v) is 8.08. The van der Waals surface area contributed by atoms with Crippen molar-refractivity contribution < 1.29 is 34.0 Å². The van der Waals surface area contributed by atoms with Crippen molar-refractivity contribution in [2.24, 2.45) is 0 Å². The number of aliphatic hydroxyl groups excluding tert-OH is 1. The molecule has 0 fully saturated rings. The zero-order valence-electron chi connectivity index (χ0n) is 18.5. The first kappa shape index (κ1) is 25.8. The van der Waals surface area contributed by atoms with Gasteiger partial charge in [0.1, 0.15) is 18.1 Å². The van der Waals surface area contributed by atoms with Gasteiger partial charge in [-0.2, -0.15) is 0 Å². The van der Waals surface area contributed by atoms with Gasteiger partial charge in [-0.25, -0.2) is 9.59 Å². The third-order valence-corrected chi connectivity index (χ3v) is 5.17. The van der Waals surface area contributed by atoms with E-state index < -0.39 is 24.3 Å². The molecule has 0 aliphatic carbocycles. The average Bonchev–Trinajstić information content (AvgIpc) is 2.86. The molecule has 0 spiro atoms. The fraction of sp³-hybridized carbons (Fsp3) is 0.154. The lowest BCUT2D eigenvalue weighted by molar-refractivity contribution is -0.131. The number of carbonyl (C=O) groups is 2. The Balaban J connectivity index is 1.98. The molecular formula is C26H24BrNO7. The lowest BCUT2D eigenvalue weighted by Gasteiger charge is -2.27. The van der Waals surface area contributed by atoms with Gasteiger partial charge in [-0.05, 0) is 48.5 Å². The van der Waals surface area contributed by atoms with Gasteiger partial charge in [0.2, 0.25) is 0 Å². The van der Waals surface area contributed by atoms with Gasteiger partial charge in [0, 0.05) is 21.8 Å². The quantitative estimate of drug-likeness (QED) is 0.286. The fourth-order valence-corrected chi connectivity index (χ4v) is 3.41. The van der Waals surface area contributed by atoms with E-state index >= 15 is 0 Å². The Morgan fingerprint density at radius 3 is 2.34 bits per heavy atom. The van der Waals surface area contributed by atoms with Crippen molar-refractivity contribution >= 4 is 33.7 Å². The molecule has 35 heavy (non-hydrogen) atoms. The van der Waals surface area contributed by atoms with E-state index in [2.05, 4.69) is 21.2 Å². The van der Waals surface area contributed by atoms with Gasteiger partial charge in [0.25, 0.3) is 0 Å². The van der Waals surface area contributed by atoms with E-state index in [1.165, 1.54) is 6.08 Å². The van der Waals surface area contributed by atoms with Gasteiger partial charge < -0.3 is 24.4 Å². The van der Waals surface area contributed by atoms with E-state index in [0.717, 1.165) is 10.5 Å². The van der Waals surface area contributed by atoms with E-state index in [1.54, 1.807) is 72.8 Å². The summed E-state index contributed by atoms with van der Waals surface area (Å²) in [6.45, 7) is -0.198. The number of rotatable bonds is 11. The summed E-state index contributed by atoms with van der Waals surface area (Å²) in [5.74, 6) is -0.383. The number of amides is 1. The molecule has 0 aliphatic heterocycles. The van der Waals surface area contributed by atoms with Gasteiger partial charge in [-0.15, -0.1) is 0 Å². The van der Waals surface area contributed by atoms with Crippen molar-refractivity contribution in [1.82, 2.24) is 0 Å². The van der Waals surface area contributed by atoms with Crippen LogP contribution in [-0.4, -0.2) is 41.6 Å². The number of carboxylic acid groups (broad SMARTS) is 1. The predicted molar refractivity (Wildman–Crippen MR) is 134 cm³/mol. The zero-order chi connectivity index (χ0) is 25.0. The van der Waals surface area contributed by atoms with Crippen LogP contribution >= 0.6 is 15.9 Å². The molecule has 0 aliphatic rings. The van der Waals surface area contributed by atoms with Crippen LogP contribution in [0.25, 0.3) is 0 Å². The SMILES string of the molecule is O=C(O)/C=C/[C@H](Oc1ccccc1)[C@@H](OC(=O)Nc1ccc(Br)cc1)c1ccccc1OCCO. The standard InChI is InChI=1S/C26H24BrNO7/c27-18-10-12-19(13-11-18)28-26(32)35-25(21-8-4-5-9-22(21)33-17-16-29)23(14-15-24(30)31)34-20-6-2-1-3-7-20/h1-15,23,25,29H,16-17H2,(H,28,32)(H,30,31)/b15-14+/t23-,25-/m0/s1. The minimum atomic E-state index is -1.19. The van der Waals surface area contributed by atoms with Crippen LogP contribution in [0.5, 0.6) is 11.5 Å². The minimum absolute atomic E-state index is 0.0179. The molecule has 182 valence electrons. The third-order valence-electron chi connectivity index (χ3n) is 4.64. The number of anilines is 1. The number of halogens is 1. The first-order valence-corrected chi connectivity index (χ1v) is 11.4. The van der Waals surface area contributed by atoms with Crippen LogP contribution in [0.2, 0.25) is 0 Å². The molecule has 3 aromatic rings. The van der Waals surface area contributed by atoms with Crippen LogP contribution in [0, 0.1) is 0 Å². The van der Waals surface area contributed by atoms with E-state index in [1.807, 2.05) is 6.07 Å². The number of hydrogen-bond donors (Lipinski definition) is 3. The van der Waals surface area contributed by atoms with Crippen molar-refractivity contribution in [3.63, 3.8) is 0 Å². The van der Waals surface area contributed by atoms with Crippen LogP contribution in [0.15, 0.2) is 95.5 Å². The molecule has 8 nitrogen and oxygen atoms in total. The van der Waals surface area contributed by atoms with E-state index in [4.69, 9.17) is 14.2 Å². The lowest BCUT2D eigenvalue weighted by atomic mass is 10.0. The maximum absolute atomic E-state index is 12.9. The predicted octanol–water partition coefficient (Wildman–Crippen LogP) is 5.20. The highest BCUT2D eigenvalue weighted by molar-refractivity contribution is 9.10. The Bertz CT molecular complexity index is 1140. The fourth-order valence-electron chi connectivity index (χ4n) is 3.14. The van der Waals surface area contributed by atoms with Crippen LogP contribution < -0.4 is 14.8 Å². The second-order valence-electron chi connectivity index (χ2n) is 7.16. The Labute approximate surface area is 210 Å². The smallest absolute Gasteiger partial charge is 0.412 e. The topological polar surface area (TPSA) is 114 Å². The summed E-state index contributed by atoms with van der Waals surface area (Å²) in [6.07, 6.45) is -0.678. The molecule has 3 N–H and O–H groups in total. The molecular weight excluding hydrogens is 518 g/mol. The molecule has 3 aromatic carbocycles. The normalized spacial score (nSPS) is 12.5. The lowest BCUT2D eigenvalue weighted by Crippen LogP contribution is -2.30. The maximum Gasteiger partial charge on any atom is 0.412 e. The highest BCUT2D eigenvalue weighted by Crippen LogP contribution is 2.33. The largest absolute Gasteiger partial charge is 0.491 e. The highest BCUT2D eigenvalue weighted by Gasteiger charge is 2.30. The second kappa shape index (κ2) is 13.2. The first-order chi connectivity index (χ1) is 17.0. The molecule has 0 aromatic heterocycles. The van der Waals surface area contributed by atoms with Gasteiger partial charge >= 0.3 is 12.1 Å². The number of carboxylic acids is 1. The monoisotopic (exact) mass is 541 g/mol. The van der Waals surface area contributed by atoms with Gasteiger partial charge in [0.15, 0.2) is 12.2 Å². The Kier molecular flexibility index (Phi) is 9.70. The number of para-hydroxylation sites is 2. The molecule has 1 amide bonds. The molecule has 3 rings (SSSR count). The Hall–Kier alpha value is -3.82. The van der Waals surface area contributed by atoms with Gasteiger partial charge in [-0.3, -0.25) is 5.32 Å². The van der Waals surface area contributed by atoms with E-state index in [-0.39, 0.29) is 13.2 Å². The highest BCUT2D eigenvalue weighted by atomic mass is 79.9. The number of aliphatic hydroxyl groups is 1. The van der Waals surface area contributed by atoms with Crippen molar-refractivity contribution in [3.05, 3.63) is 101 Å². The minimum Gasteiger partial charge on any atom is -0.491 e. The first-order valence-electron chi connectivity index (χ1n) is 10.6. The van der Waals surface area contributed by atoms with Crippen LogP contribution in [0.4, 0.5) is 10.5 Å². The summed E-state index contributed by atoms with van der Waals surface area (Å²) in [7, 11) is 0. The van der Waals surface area contributed by atoms with E-state index in [9.17, 15) is 19.8 Å². The Morgan fingerprint density at radius 2 is 1.66 bits per heavy atom. The molecule has 0 radical (unpaired) electrons. The van der Waals surface area contributed by atoms with Gasteiger partial charge in [-0.1, -0.05) is 52.3 Å². The molecule has 9 heteroatoms. The van der Waals surface area contributed by atoms with Crippen molar-refractivity contribution in [1.29, 1.82) is 0 Å². The van der Waals surface area contributed by atoms with Crippen LogP contribution in [-0.2, 0) is 9.53 Å². The number of benzene rings is 3. The summed E-state index contributed by atoms with van der Waals surface area (Å²) in [5, 5.41) is 21.1. The van der Waals surface area contributed by atoms with Crippen LogP contribution in [0.3, 0.4) is 0 Å². The molecule has 0 heterocycles. The maximum atomic E-state index is 12.9. The summed E-state index contributed by atoms with van der Waals surface area (Å²) in [4.78, 5) is 24.2. The molecule has 2 atom stereocenters. The number of carbonyl (C=O) groups excluding carboxylic acids is 1. The number of nitrogens with one attached hydrogen (secondary N) is 1. The van der Waals surface area contributed by atoms with Crippen molar-refractivity contribution in [2.45, 2.75) is 12.2 Å². The average molecular weight is 542 g/mol. The number of aliphatic carboxylic acids is 1. The Morgan fingerprint density at radius 1 is 0.971 bits per heavy atom. The van der Waals surface area contributed by atoms with Crippen LogP contribution in [0.1, 0.15) is 11.7 Å². The molecule has 0 unspecified atom stereocenters. The van der Waals surface area contributed by atoms with Crippen molar-refractivity contribution in [3.8, 4) is 11.5 Å².